The first kappa shape index (κ1) is 19.9. The van der Waals surface area contributed by atoms with Crippen LogP contribution < -0.4 is 5.32 Å². The SMILES string of the molecule is CC1(C)COCCN1C(=O)c1ccc(NC(=O)c2ccc(F)c(F)c2F)cc1. The Labute approximate surface area is 160 Å². The lowest BCUT2D eigenvalue weighted by Gasteiger charge is -2.42. The normalized spacial score (nSPS) is 16.0. The number of nitrogens with one attached hydrogen (secondary N) is 1. The molecule has 0 spiro atoms. The van der Waals surface area contributed by atoms with E-state index in [-0.39, 0.29) is 11.6 Å². The highest BCUT2D eigenvalue weighted by Gasteiger charge is 2.34. The van der Waals surface area contributed by atoms with Crippen LogP contribution in [0.5, 0.6) is 0 Å². The third-order valence-corrected chi connectivity index (χ3v) is 4.56. The Morgan fingerprint density at radius 1 is 1.04 bits per heavy atom. The van der Waals surface area contributed by atoms with E-state index < -0.39 is 34.5 Å². The molecular weight excluding hydrogens is 373 g/mol. The fraction of sp³-hybridized carbons (Fsp3) is 0.300. The van der Waals surface area contributed by atoms with E-state index in [2.05, 4.69) is 5.32 Å². The van der Waals surface area contributed by atoms with Gasteiger partial charge in [-0.05, 0) is 50.2 Å². The molecule has 2 aromatic carbocycles. The largest absolute Gasteiger partial charge is 0.377 e. The van der Waals surface area contributed by atoms with Gasteiger partial charge < -0.3 is 15.0 Å². The number of amides is 2. The van der Waals surface area contributed by atoms with Crippen LogP contribution in [-0.4, -0.2) is 42.0 Å². The van der Waals surface area contributed by atoms with Crippen LogP contribution in [0.3, 0.4) is 0 Å². The molecule has 0 aromatic heterocycles. The molecule has 2 amide bonds. The molecule has 28 heavy (non-hydrogen) atoms. The highest BCUT2D eigenvalue weighted by molar-refractivity contribution is 6.04. The summed E-state index contributed by atoms with van der Waals surface area (Å²) in [7, 11) is 0. The van der Waals surface area contributed by atoms with Crippen LogP contribution in [0.1, 0.15) is 34.6 Å². The van der Waals surface area contributed by atoms with Gasteiger partial charge in [0.25, 0.3) is 11.8 Å². The minimum Gasteiger partial charge on any atom is -0.377 e. The van der Waals surface area contributed by atoms with E-state index in [1.807, 2.05) is 13.8 Å². The molecule has 0 unspecified atom stereocenters. The van der Waals surface area contributed by atoms with Gasteiger partial charge in [0.05, 0.1) is 24.3 Å². The van der Waals surface area contributed by atoms with Crippen molar-refractivity contribution in [3.8, 4) is 0 Å². The van der Waals surface area contributed by atoms with Crippen LogP contribution in [0, 0.1) is 17.5 Å². The van der Waals surface area contributed by atoms with Crippen molar-refractivity contribution < 1.29 is 27.5 Å². The van der Waals surface area contributed by atoms with Crippen molar-refractivity contribution in [3.05, 3.63) is 65.0 Å². The fourth-order valence-electron chi connectivity index (χ4n) is 2.99. The van der Waals surface area contributed by atoms with Crippen molar-refractivity contribution in [1.29, 1.82) is 0 Å². The number of rotatable bonds is 3. The molecule has 0 saturated carbocycles. The van der Waals surface area contributed by atoms with Crippen LogP contribution in [0.25, 0.3) is 0 Å². The van der Waals surface area contributed by atoms with Gasteiger partial charge in [0, 0.05) is 17.8 Å². The number of carbonyl (C=O) groups excluding carboxylic acids is 2. The topological polar surface area (TPSA) is 58.6 Å². The molecule has 3 rings (SSSR count). The zero-order valence-electron chi connectivity index (χ0n) is 15.4. The Kier molecular flexibility index (Phi) is 5.42. The second kappa shape index (κ2) is 7.63. The summed E-state index contributed by atoms with van der Waals surface area (Å²) in [6, 6.07) is 7.57. The molecule has 2 aromatic rings. The van der Waals surface area contributed by atoms with Crippen molar-refractivity contribution in [1.82, 2.24) is 4.90 Å². The summed E-state index contributed by atoms with van der Waals surface area (Å²) in [6.45, 7) is 5.19. The number of hydrogen-bond donors (Lipinski definition) is 1. The molecule has 1 aliphatic heterocycles. The Bertz CT molecular complexity index is 914. The van der Waals surface area contributed by atoms with Crippen LogP contribution >= 0.6 is 0 Å². The van der Waals surface area contributed by atoms with E-state index >= 15 is 0 Å². The van der Waals surface area contributed by atoms with Crippen LogP contribution in [0.15, 0.2) is 36.4 Å². The summed E-state index contributed by atoms with van der Waals surface area (Å²) in [6.07, 6.45) is 0. The molecule has 1 heterocycles. The van der Waals surface area contributed by atoms with Crippen LogP contribution in [0.2, 0.25) is 0 Å². The molecule has 0 radical (unpaired) electrons. The number of ether oxygens (including phenoxy) is 1. The summed E-state index contributed by atoms with van der Waals surface area (Å²) < 4.78 is 45.4. The number of nitrogens with zero attached hydrogens (tertiary/aromatic N) is 1. The lowest BCUT2D eigenvalue weighted by atomic mass is 10.0. The fourth-order valence-corrected chi connectivity index (χ4v) is 2.99. The predicted octanol–water partition coefficient (Wildman–Crippen LogP) is 3.61. The Hall–Kier alpha value is -2.87. The number of hydrogen-bond acceptors (Lipinski definition) is 3. The van der Waals surface area contributed by atoms with Crippen LogP contribution in [0.4, 0.5) is 18.9 Å². The third-order valence-electron chi connectivity index (χ3n) is 4.56. The standard InChI is InChI=1S/C20H19F3N2O3/c1-20(2)11-28-10-9-25(20)19(27)12-3-5-13(6-4-12)24-18(26)14-7-8-15(21)17(23)16(14)22/h3-8H,9-11H2,1-2H3,(H,24,26). The first-order valence-corrected chi connectivity index (χ1v) is 8.65. The second-order valence-corrected chi connectivity index (χ2v) is 7.08. The van der Waals surface area contributed by atoms with Crippen LogP contribution in [-0.2, 0) is 4.74 Å². The quantitative estimate of drug-likeness (QED) is 0.812. The lowest BCUT2D eigenvalue weighted by Crippen LogP contribution is -2.55. The van der Waals surface area contributed by atoms with Gasteiger partial charge in [0.2, 0.25) is 0 Å². The Morgan fingerprint density at radius 3 is 2.36 bits per heavy atom. The van der Waals surface area contributed by atoms with Crippen molar-refractivity contribution >= 4 is 17.5 Å². The number of anilines is 1. The molecule has 0 atom stereocenters. The van der Waals surface area contributed by atoms with E-state index in [1.165, 1.54) is 24.3 Å². The highest BCUT2D eigenvalue weighted by Crippen LogP contribution is 2.23. The predicted molar refractivity (Wildman–Crippen MR) is 96.6 cm³/mol. The average molecular weight is 392 g/mol. The third kappa shape index (κ3) is 3.87. The van der Waals surface area contributed by atoms with E-state index in [0.29, 0.717) is 31.4 Å². The summed E-state index contributed by atoms with van der Waals surface area (Å²) in [4.78, 5) is 26.6. The Morgan fingerprint density at radius 2 is 1.71 bits per heavy atom. The number of benzene rings is 2. The molecule has 5 nitrogen and oxygen atoms in total. The Balaban J connectivity index is 1.73. The second-order valence-electron chi connectivity index (χ2n) is 7.08. The maximum absolute atomic E-state index is 13.7. The molecule has 0 aliphatic carbocycles. The van der Waals surface area contributed by atoms with Crippen molar-refractivity contribution in [2.45, 2.75) is 19.4 Å². The molecule has 1 N–H and O–H groups in total. The summed E-state index contributed by atoms with van der Waals surface area (Å²) in [5.41, 5.74) is -0.347. The minimum absolute atomic E-state index is 0.169. The number of morpholine rings is 1. The molecule has 0 bridgehead atoms. The first-order chi connectivity index (χ1) is 13.2. The zero-order valence-corrected chi connectivity index (χ0v) is 15.4. The minimum atomic E-state index is -1.71. The van der Waals surface area contributed by atoms with Crippen molar-refractivity contribution in [3.63, 3.8) is 0 Å². The van der Waals surface area contributed by atoms with Crippen molar-refractivity contribution in [2.75, 3.05) is 25.1 Å². The maximum atomic E-state index is 13.7. The maximum Gasteiger partial charge on any atom is 0.258 e. The van der Waals surface area contributed by atoms with Gasteiger partial charge in [-0.15, -0.1) is 0 Å². The average Bonchev–Trinajstić information content (AvgIpc) is 2.66. The van der Waals surface area contributed by atoms with Gasteiger partial charge in [0.1, 0.15) is 0 Å². The van der Waals surface area contributed by atoms with Gasteiger partial charge in [-0.1, -0.05) is 0 Å². The number of carbonyl (C=O) groups is 2. The van der Waals surface area contributed by atoms with Gasteiger partial charge in [-0.2, -0.15) is 0 Å². The molecule has 1 aliphatic rings. The van der Waals surface area contributed by atoms with E-state index in [1.54, 1.807) is 4.90 Å². The van der Waals surface area contributed by atoms with Gasteiger partial charge in [-0.3, -0.25) is 9.59 Å². The molecule has 1 fully saturated rings. The monoisotopic (exact) mass is 392 g/mol. The van der Waals surface area contributed by atoms with Gasteiger partial charge in [0.15, 0.2) is 17.5 Å². The van der Waals surface area contributed by atoms with E-state index in [9.17, 15) is 22.8 Å². The summed E-state index contributed by atoms with van der Waals surface area (Å²) in [5.74, 6) is -5.73. The molecule has 148 valence electrons. The molecular formula is C20H19F3N2O3. The lowest BCUT2D eigenvalue weighted by molar-refractivity contribution is -0.0370. The zero-order chi connectivity index (χ0) is 20.5. The highest BCUT2D eigenvalue weighted by atomic mass is 19.2. The molecule has 8 heteroatoms. The first-order valence-electron chi connectivity index (χ1n) is 8.65. The smallest absolute Gasteiger partial charge is 0.258 e. The van der Waals surface area contributed by atoms with Gasteiger partial charge in [-0.25, -0.2) is 13.2 Å². The van der Waals surface area contributed by atoms with E-state index in [4.69, 9.17) is 4.74 Å². The van der Waals surface area contributed by atoms with Gasteiger partial charge >= 0.3 is 0 Å². The van der Waals surface area contributed by atoms with E-state index in [0.717, 1.165) is 6.07 Å². The number of halogens is 3. The summed E-state index contributed by atoms with van der Waals surface area (Å²) >= 11 is 0. The molecule has 1 saturated heterocycles. The summed E-state index contributed by atoms with van der Waals surface area (Å²) in [5, 5.41) is 2.39. The van der Waals surface area contributed by atoms with Crippen molar-refractivity contribution in [2.24, 2.45) is 0 Å².